The number of hydrogen-bond donors (Lipinski definition) is 1. The van der Waals surface area contributed by atoms with E-state index < -0.39 is 0 Å². The van der Waals surface area contributed by atoms with Crippen molar-refractivity contribution >= 4 is 39.1 Å². The Balaban J connectivity index is 2.94. The summed E-state index contributed by atoms with van der Waals surface area (Å²) in [5.41, 5.74) is 2.90. The molecule has 0 unspecified atom stereocenters. The van der Waals surface area contributed by atoms with Crippen LogP contribution in [0.25, 0.3) is 0 Å². The smallest absolute Gasteiger partial charge is 0.128 e. The highest BCUT2D eigenvalue weighted by Crippen LogP contribution is 2.28. The third-order valence-electron chi connectivity index (χ3n) is 1.96. The molecular weight excluding hydrogens is 315 g/mol. The lowest BCUT2D eigenvalue weighted by molar-refractivity contribution is 0.269. The predicted octanol–water partition coefficient (Wildman–Crippen LogP) is 3.95. The van der Waals surface area contributed by atoms with Gasteiger partial charge >= 0.3 is 0 Å². The first-order chi connectivity index (χ1) is 7.58. The predicted molar refractivity (Wildman–Crippen MR) is 70.1 cm³/mol. The number of aryl methyl sites for hydroxylation is 1. The molecule has 0 atom stereocenters. The Morgan fingerprint density at radius 1 is 1.56 bits per heavy atom. The van der Waals surface area contributed by atoms with Crippen molar-refractivity contribution in [3.63, 3.8) is 0 Å². The normalized spacial score (nSPS) is 11.7. The van der Waals surface area contributed by atoms with E-state index in [0.717, 1.165) is 10.0 Å². The van der Waals surface area contributed by atoms with Gasteiger partial charge in [-0.3, -0.25) is 0 Å². The highest BCUT2D eigenvalue weighted by Gasteiger charge is 2.08. The van der Waals surface area contributed by atoms with E-state index in [4.69, 9.17) is 27.9 Å². The topological polar surface area (TPSA) is 29.5 Å². The molecule has 16 heavy (non-hydrogen) atoms. The van der Waals surface area contributed by atoms with E-state index in [-0.39, 0.29) is 13.2 Å². The largest absolute Gasteiger partial charge is 0.487 e. The van der Waals surface area contributed by atoms with Crippen molar-refractivity contribution in [2.24, 2.45) is 0 Å². The number of benzene rings is 1. The van der Waals surface area contributed by atoms with Crippen molar-refractivity contribution in [1.29, 1.82) is 0 Å². The minimum atomic E-state index is -0.0855. The fourth-order valence-electron chi connectivity index (χ4n) is 1.30. The summed E-state index contributed by atoms with van der Waals surface area (Å²) in [5.74, 6) is 0.641. The van der Waals surface area contributed by atoms with E-state index in [9.17, 15) is 5.11 Å². The van der Waals surface area contributed by atoms with Gasteiger partial charge in [0.1, 0.15) is 12.4 Å². The maximum Gasteiger partial charge on any atom is 0.128 e. The molecule has 5 heteroatoms. The van der Waals surface area contributed by atoms with Gasteiger partial charge in [0.2, 0.25) is 0 Å². The van der Waals surface area contributed by atoms with Gasteiger partial charge in [0.05, 0.1) is 11.6 Å². The Kier molecular flexibility index (Phi) is 5.62. The van der Waals surface area contributed by atoms with E-state index in [1.165, 1.54) is 5.54 Å². The first-order valence-electron chi connectivity index (χ1n) is 4.56. The molecule has 1 N–H and O–H groups in total. The molecule has 1 aromatic carbocycles. The molecule has 1 rings (SSSR count). The fraction of sp³-hybridized carbons (Fsp3) is 0.273. The standard InChI is InChI=1S/C11H11BrCl2O2/c1-7-2-9(12)3-8(5-15)11(7)16-6-10(14)4-13/h2-4,15H,5-6H2,1H3/b10-4-. The summed E-state index contributed by atoms with van der Waals surface area (Å²) >= 11 is 14.5. The molecule has 0 heterocycles. The Bertz CT molecular complexity index is 405. The van der Waals surface area contributed by atoms with Crippen molar-refractivity contribution < 1.29 is 9.84 Å². The average Bonchev–Trinajstić information content (AvgIpc) is 2.26. The van der Waals surface area contributed by atoms with Crippen LogP contribution in [0.3, 0.4) is 0 Å². The first kappa shape index (κ1) is 13.8. The van der Waals surface area contributed by atoms with Crippen molar-refractivity contribution in [2.75, 3.05) is 6.61 Å². The van der Waals surface area contributed by atoms with Gasteiger partial charge in [0.15, 0.2) is 0 Å². The SMILES string of the molecule is Cc1cc(Br)cc(CO)c1OC/C(Cl)=C/Cl. The van der Waals surface area contributed by atoms with Crippen molar-refractivity contribution in [1.82, 2.24) is 0 Å². The number of aliphatic hydroxyl groups is 1. The lowest BCUT2D eigenvalue weighted by Gasteiger charge is -2.13. The molecule has 0 saturated heterocycles. The number of aliphatic hydroxyl groups excluding tert-OH is 1. The second-order valence-corrected chi connectivity index (χ2v) is 4.83. The van der Waals surface area contributed by atoms with Crippen LogP contribution in [0, 0.1) is 6.92 Å². The summed E-state index contributed by atoms with van der Waals surface area (Å²) in [6, 6.07) is 3.72. The van der Waals surface area contributed by atoms with E-state index in [2.05, 4.69) is 15.9 Å². The first-order valence-corrected chi connectivity index (χ1v) is 6.16. The van der Waals surface area contributed by atoms with Crippen LogP contribution in [0.4, 0.5) is 0 Å². The molecule has 0 aliphatic heterocycles. The maximum absolute atomic E-state index is 9.22. The lowest BCUT2D eigenvalue weighted by Crippen LogP contribution is -2.02. The van der Waals surface area contributed by atoms with Crippen LogP contribution in [0.15, 0.2) is 27.2 Å². The minimum Gasteiger partial charge on any atom is -0.487 e. The highest BCUT2D eigenvalue weighted by atomic mass is 79.9. The summed E-state index contributed by atoms with van der Waals surface area (Å²) in [6.07, 6.45) is 0. The van der Waals surface area contributed by atoms with Gasteiger partial charge < -0.3 is 9.84 Å². The van der Waals surface area contributed by atoms with Crippen molar-refractivity contribution in [2.45, 2.75) is 13.5 Å². The molecule has 2 nitrogen and oxygen atoms in total. The fourth-order valence-corrected chi connectivity index (χ4v) is 2.03. The molecule has 88 valence electrons. The zero-order valence-electron chi connectivity index (χ0n) is 8.64. The number of rotatable bonds is 4. The second-order valence-electron chi connectivity index (χ2n) is 3.21. The summed E-state index contributed by atoms with van der Waals surface area (Å²) < 4.78 is 6.40. The van der Waals surface area contributed by atoms with Crippen LogP contribution in [-0.4, -0.2) is 11.7 Å². The molecule has 0 aliphatic rings. The van der Waals surface area contributed by atoms with Crippen LogP contribution in [0.1, 0.15) is 11.1 Å². The lowest BCUT2D eigenvalue weighted by atomic mass is 10.1. The maximum atomic E-state index is 9.22. The van der Waals surface area contributed by atoms with Crippen LogP contribution in [0.2, 0.25) is 0 Å². The van der Waals surface area contributed by atoms with Gasteiger partial charge in [0.25, 0.3) is 0 Å². The molecular formula is C11H11BrCl2O2. The quantitative estimate of drug-likeness (QED) is 0.908. The third kappa shape index (κ3) is 3.67. The zero-order valence-corrected chi connectivity index (χ0v) is 11.7. The van der Waals surface area contributed by atoms with Crippen molar-refractivity contribution in [3.05, 3.63) is 38.3 Å². The summed E-state index contributed by atoms with van der Waals surface area (Å²) in [6.45, 7) is 2.01. The van der Waals surface area contributed by atoms with E-state index in [1.54, 1.807) is 6.07 Å². The molecule has 1 aromatic rings. The number of ether oxygens (including phenoxy) is 1. The van der Waals surface area contributed by atoms with Gasteiger partial charge in [-0.15, -0.1) is 0 Å². The molecule has 0 radical (unpaired) electrons. The van der Waals surface area contributed by atoms with Crippen LogP contribution in [0.5, 0.6) is 5.75 Å². The van der Waals surface area contributed by atoms with E-state index in [1.807, 2.05) is 13.0 Å². The van der Waals surface area contributed by atoms with Gasteiger partial charge in [-0.2, -0.15) is 0 Å². The molecule has 0 fully saturated rings. The van der Waals surface area contributed by atoms with Crippen LogP contribution >= 0.6 is 39.1 Å². The van der Waals surface area contributed by atoms with E-state index in [0.29, 0.717) is 16.3 Å². The van der Waals surface area contributed by atoms with Gasteiger partial charge in [-0.05, 0) is 24.6 Å². The molecule has 0 amide bonds. The van der Waals surface area contributed by atoms with Gasteiger partial charge in [-0.25, -0.2) is 0 Å². The van der Waals surface area contributed by atoms with Crippen molar-refractivity contribution in [3.8, 4) is 5.75 Å². The summed E-state index contributed by atoms with van der Waals surface area (Å²) in [4.78, 5) is 0. The molecule has 0 spiro atoms. The third-order valence-corrected chi connectivity index (χ3v) is 3.01. The van der Waals surface area contributed by atoms with Crippen LogP contribution in [-0.2, 0) is 6.61 Å². The Morgan fingerprint density at radius 2 is 2.25 bits per heavy atom. The molecule has 0 bridgehead atoms. The summed E-state index contributed by atoms with van der Waals surface area (Å²) in [5, 5.41) is 9.63. The molecule has 0 aliphatic carbocycles. The van der Waals surface area contributed by atoms with E-state index >= 15 is 0 Å². The average molecular weight is 326 g/mol. The summed E-state index contributed by atoms with van der Waals surface area (Å²) in [7, 11) is 0. The Hall–Kier alpha value is -0.220. The molecule has 0 aromatic heterocycles. The number of halogens is 3. The highest BCUT2D eigenvalue weighted by molar-refractivity contribution is 9.10. The second kappa shape index (κ2) is 6.50. The Morgan fingerprint density at radius 3 is 2.81 bits per heavy atom. The molecule has 0 saturated carbocycles. The van der Waals surface area contributed by atoms with Crippen LogP contribution < -0.4 is 4.74 Å². The zero-order chi connectivity index (χ0) is 12.1. The number of hydrogen-bond acceptors (Lipinski definition) is 2. The van der Waals surface area contributed by atoms with Gasteiger partial charge in [-0.1, -0.05) is 39.1 Å². The minimum absolute atomic E-state index is 0.0855. The monoisotopic (exact) mass is 324 g/mol. The Labute approximate surface area is 113 Å². The van der Waals surface area contributed by atoms with Gasteiger partial charge in [0, 0.05) is 15.6 Å².